The van der Waals surface area contributed by atoms with Crippen molar-refractivity contribution in [3.8, 4) is 11.5 Å². The Morgan fingerprint density at radius 2 is 1.68 bits per heavy atom. The Kier molecular flexibility index (Phi) is 9.67. The van der Waals surface area contributed by atoms with Crippen LogP contribution in [0.15, 0.2) is 71.6 Å². The molecule has 11 nitrogen and oxygen atoms in total. The Balaban J connectivity index is 1.32. The fourth-order valence-corrected chi connectivity index (χ4v) is 5.63. The maximum absolute atomic E-state index is 13.0. The summed E-state index contributed by atoms with van der Waals surface area (Å²) >= 11 is 0. The van der Waals surface area contributed by atoms with Crippen LogP contribution >= 0.6 is 0 Å². The molecule has 0 aromatic heterocycles. The highest BCUT2D eigenvalue weighted by Crippen LogP contribution is 2.31. The summed E-state index contributed by atoms with van der Waals surface area (Å²) < 4.78 is 77.2. The highest BCUT2D eigenvalue weighted by Gasteiger charge is 2.34. The molecule has 0 radical (unpaired) electrons. The van der Waals surface area contributed by atoms with Crippen molar-refractivity contribution in [3.63, 3.8) is 0 Å². The number of hydrogen-bond donors (Lipinski definition) is 3. The molecule has 3 amide bonds. The Labute approximate surface area is 251 Å². The number of likely N-dealkylation sites (tertiary alicyclic amines) is 1. The third-order valence-electron chi connectivity index (χ3n) is 6.85. The number of carbonyl (C=O) groups excluding carboxylic acids is 3. The van der Waals surface area contributed by atoms with Crippen LogP contribution in [-0.2, 0) is 32.2 Å². The molecule has 1 aliphatic rings. The Bertz CT molecular complexity index is 1660. The highest BCUT2D eigenvalue weighted by molar-refractivity contribution is 7.92. The van der Waals surface area contributed by atoms with Crippen molar-refractivity contribution in [1.82, 2.24) is 15.8 Å². The van der Waals surface area contributed by atoms with Gasteiger partial charge in [0.15, 0.2) is 11.5 Å². The van der Waals surface area contributed by atoms with Gasteiger partial charge in [-0.15, -0.1) is 0 Å². The van der Waals surface area contributed by atoms with Gasteiger partial charge in [0.25, 0.3) is 15.9 Å². The van der Waals surface area contributed by atoms with E-state index in [4.69, 9.17) is 9.47 Å². The summed E-state index contributed by atoms with van der Waals surface area (Å²) in [6.07, 6.45) is -4.21. The minimum atomic E-state index is -4.67. The summed E-state index contributed by atoms with van der Waals surface area (Å²) in [5.41, 5.74) is 3.88. The standard InChI is InChI=1S/C29H29F3N4O7S/c1-42-24-10-9-18(13-25(24)43-2)11-12-36-17-20(15-26(36)37)28(39)34-33-27(38)19-5-3-8-23(14-19)44(40,41)35-22-7-4-6-21(16-22)29(30,31)32/h3-10,13-14,16,20,35H,11-12,15,17H2,1-2H3,(H,33,38)(H,34,39)/t20-/m1/s1. The van der Waals surface area contributed by atoms with Crippen molar-refractivity contribution in [2.24, 2.45) is 5.92 Å². The first-order valence-corrected chi connectivity index (χ1v) is 14.7. The number of anilines is 1. The van der Waals surface area contributed by atoms with Crippen molar-refractivity contribution in [3.05, 3.63) is 83.4 Å². The monoisotopic (exact) mass is 634 g/mol. The highest BCUT2D eigenvalue weighted by atomic mass is 32.2. The molecule has 1 saturated heterocycles. The lowest BCUT2D eigenvalue weighted by atomic mass is 10.1. The number of methoxy groups -OCH3 is 2. The van der Waals surface area contributed by atoms with Gasteiger partial charge in [-0.3, -0.25) is 30.0 Å². The lowest BCUT2D eigenvalue weighted by molar-refractivity contribution is -0.137. The second kappa shape index (κ2) is 13.2. The lowest BCUT2D eigenvalue weighted by Crippen LogP contribution is -2.45. The molecule has 1 heterocycles. The third kappa shape index (κ3) is 7.78. The topological polar surface area (TPSA) is 143 Å². The summed E-state index contributed by atoms with van der Waals surface area (Å²) in [6, 6.07) is 13.8. The maximum atomic E-state index is 13.0. The SMILES string of the molecule is COc1ccc(CCN2C[C@H](C(=O)NNC(=O)c3cccc(S(=O)(=O)Nc4cccc(C(F)(F)F)c4)c3)CC2=O)cc1OC. The molecule has 1 atom stereocenters. The number of sulfonamides is 1. The molecule has 0 unspecified atom stereocenters. The molecular formula is C29H29F3N4O7S. The Hall–Kier alpha value is -4.79. The van der Waals surface area contributed by atoms with Gasteiger partial charge < -0.3 is 14.4 Å². The van der Waals surface area contributed by atoms with E-state index < -0.39 is 39.5 Å². The fourth-order valence-electron chi connectivity index (χ4n) is 4.53. The van der Waals surface area contributed by atoms with Crippen LogP contribution in [0, 0.1) is 5.92 Å². The second-order valence-electron chi connectivity index (χ2n) is 9.84. The fraction of sp³-hybridized carbons (Fsp3) is 0.276. The van der Waals surface area contributed by atoms with E-state index in [1.165, 1.54) is 26.4 Å². The molecule has 0 spiro atoms. The largest absolute Gasteiger partial charge is 0.493 e. The van der Waals surface area contributed by atoms with Gasteiger partial charge in [0, 0.05) is 30.8 Å². The van der Waals surface area contributed by atoms with E-state index in [9.17, 15) is 36.0 Å². The smallest absolute Gasteiger partial charge is 0.416 e. The predicted octanol–water partition coefficient (Wildman–Crippen LogP) is 3.38. The molecule has 44 heavy (non-hydrogen) atoms. The lowest BCUT2D eigenvalue weighted by Gasteiger charge is -2.17. The summed E-state index contributed by atoms with van der Waals surface area (Å²) in [7, 11) is -1.31. The first-order chi connectivity index (χ1) is 20.8. The van der Waals surface area contributed by atoms with Gasteiger partial charge in [-0.1, -0.05) is 18.2 Å². The van der Waals surface area contributed by atoms with Crippen molar-refractivity contribution >= 4 is 33.4 Å². The van der Waals surface area contributed by atoms with Gasteiger partial charge in [-0.05, 0) is 60.5 Å². The molecular weight excluding hydrogens is 605 g/mol. The maximum Gasteiger partial charge on any atom is 0.416 e. The van der Waals surface area contributed by atoms with E-state index in [0.29, 0.717) is 30.5 Å². The van der Waals surface area contributed by atoms with Crippen LogP contribution in [0.3, 0.4) is 0 Å². The summed E-state index contributed by atoms with van der Waals surface area (Å²) in [4.78, 5) is 39.1. The van der Waals surface area contributed by atoms with Crippen LogP contribution < -0.4 is 25.0 Å². The van der Waals surface area contributed by atoms with E-state index in [1.54, 1.807) is 17.0 Å². The molecule has 1 fully saturated rings. The zero-order valence-electron chi connectivity index (χ0n) is 23.6. The Morgan fingerprint density at radius 3 is 2.39 bits per heavy atom. The minimum Gasteiger partial charge on any atom is -0.493 e. The summed E-state index contributed by atoms with van der Waals surface area (Å²) in [5, 5.41) is 0. The minimum absolute atomic E-state index is 0.0530. The van der Waals surface area contributed by atoms with Crippen LogP contribution in [0.5, 0.6) is 11.5 Å². The number of benzene rings is 3. The molecule has 3 aromatic carbocycles. The normalized spacial score (nSPS) is 15.1. The molecule has 3 N–H and O–H groups in total. The number of rotatable bonds is 10. The first-order valence-electron chi connectivity index (χ1n) is 13.2. The van der Waals surface area contributed by atoms with Crippen molar-refractivity contribution < 1.29 is 45.4 Å². The van der Waals surface area contributed by atoms with Gasteiger partial charge in [-0.25, -0.2) is 8.42 Å². The molecule has 0 bridgehead atoms. The molecule has 3 aromatic rings. The Morgan fingerprint density at radius 1 is 0.955 bits per heavy atom. The number of amides is 3. The third-order valence-corrected chi connectivity index (χ3v) is 8.23. The van der Waals surface area contributed by atoms with Crippen LogP contribution in [0.1, 0.15) is 27.9 Å². The number of alkyl halides is 3. The van der Waals surface area contributed by atoms with Crippen molar-refractivity contribution in [2.45, 2.75) is 23.9 Å². The zero-order valence-corrected chi connectivity index (χ0v) is 24.4. The van der Waals surface area contributed by atoms with Gasteiger partial charge >= 0.3 is 6.18 Å². The van der Waals surface area contributed by atoms with Crippen LogP contribution in [0.4, 0.5) is 18.9 Å². The molecule has 234 valence electrons. The van der Waals surface area contributed by atoms with Crippen molar-refractivity contribution in [1.29, 1.82) is 0 Å². The van der Waals surface area contributed by atoms with E-state index in [1.807, 2.05) is 6.07 Å². The van der Waals surface area contributed by atoms with E-state index >= 15 is 0 Å². The van der Waals surface area contributed by atoms with E-state index in [-0.39, 0.29) is 35.0 Å². The number of hydrogen-bond acceptors (Lipinski definition) is 7. The number of halogens is 3. The number of hydrazine groups is 1. The molecule has 0 saturated carbocycles. The van der Waals surface area contributed by atoms with Crippen LogP contribution in [0.25, 0.3) is 0 Å². The second-order valence-corrected chi connectivity index (χ2v) is 11.5. The number of nitrogens with one attached hydrogen (secondary N) is 3. The van der Waals surface area contributed by atoms with Crippen LogP contribution in [0.2, 0.25) is 0 Å². The molecule has 15 heteroatoms. The molecule has 0 aliphatic carbocycles. The quantitative estimate of drug-likeness (QED) is 0.290. The summed E-state index contributed by atoms with van der Waals surface area (Å²) in [5.74, 6) is -1.26. The average Bonchev–Trinajstić information content (AvgIpc) is 3.38. The van der Waals surface area contributed by atoms with Crippen LogP contribution in [-0.4, -0.2) is 58.3 Å². The van der Waals surface area contributed by atoms with Gasteiger partial charge in [0.05, 0.1) is 30.6 Å². The predicted molar refractivity (Wildman–Crippen MR) is 152 cm³/mol. The molecule has 1 aliphatic heterocycles. The van der Waals surface area contributed by atoms with Crippen molar-refractivity contribution in [2.75, 3.05) is 32.0 Å². The zero-order chi connectivity index (χ0) is 32.1. The van der Waals surface area contributed by atoms with Gasteiger partial charge in [0.1, 0.15) is 0 Å². The summed E-state index contributed by atoms with van der Waals surface area (Å²) in [6.45, 7) is 0.503. The van der Waals surface area contributed by atoms with Gasteiger partial charge in [-0.2, -0.15) is 13.2 Å². The van der Waals surface area contributed by atoms with E-state index in [2.05, 4.69) is 15.6 Å². The van der Waals surface area contributed by atoms with E-state index in [0.717, 1.165) is 35.9 Å². The average molecular weight is 635 g/mol. The number of ether oxygens (including phenoxy) is 2. The first kappa shape index (κ1) is 32.1. The number of nitrogens with zero attached hydrogens (tertiary/aromatic N) is 1. The number of carbonyl (C=O) groups is 3. The van der Waals surface area contributed by atoms with Gasteiger partial charge in [0.2, 0.25) is 11.8 Å². The molecule has 4 rings (SSSR count).